The third-order valence-electron chi connectivity index (χ3n) is 6.00. The van der Waals surface area contributed by atoms with Crippen molar-refractivity contribution in [3.8, 4) is 6.01 Å². The summed E-state index contributed by atoms with van der Waals surface area (Å²) in [7, 11) is 1.32. The summed E-state index contributed by atoms with van der Waals surface area (Å²) in [4.78, 5) is 34.9. The Labute approximate surface area is 232 Å². The summed E-state index contributed by atoms with van der Waals surface area (Å²) in [6.07, 6.45) is 6.96. The van der Waals surface area contributed by atoms with E-state index in [0.29, 0.717) is 29.0 Å². The van der Waals surface area contributed by atoms with Crippen molar-refractivity contribution in [2.75, 3.05) is 25.6 Å². The molecule has 0 aliphatic carbocycles. The van der Waals surface area contributed by atoms with Gasteiger partial charge in [0.2, 0.25) is 0 Å². The van der Waals surface area contributed by atoms with Crippen molar-refractivity contribution < 1.29 is 28.2 Å². The Morgan fingerprint density at radius 3 is 2.64 bits per heavy atom. The van der Waals surface area contributed by atoms with Gasteiger partial charge in [-0.15, -0.1) is 0 Å². The first kappa shape index (κ1) is 29.6. The lowest BCUT2D eigenvalue weighted by molar-refractivity contribution is -0.152. The Kier molecular flexibility index (Phi) is 9.69. The number of urea groups is 1. The summed E-state index contributed by atoms with van der Waals surface area (Å²) < 4.78 is 30.6. The van der Waals surface area contributed by atoms with E-state index >= 15 is 0 Å². The van der Waals surface area contributed by atoms with Gasteiger partial charge < -0.3 is 19.5 Å². The van der Waals surface area contributed by atoms with Gasteiger partial charge in [0.25, 0.3) is 0 Å². The second-order valence-electron chi connectivity index (χ2n) is 9.53. The number of ether oxygens (including phenoxy) is 3. The van der Waals surface area contributed by atoms with E-state index in [4.69, 9.17) is 25.8 Å². The van der Waals surface area contributed by atoms with Gasteiger partial charge in [-0.2, -0.15) is 0 Å². The topological polar surface area (TPSA) is 103 Å². The van der Waals surface area contributed by atoms with Crippen LogP contribution >= 0.6 is 11.6 Å². The average molecular weight is 559 g/mol. The number of esters is 1. The smallest absolute Gasteiger partial charge is 0.326 e. The molecule has 1 aromatic carbocycles. The monoisotopic (exact) mass is 558 g/mol. The summed E-state index contributed by atoms with van der Waals surface area (Å²) in [5.41, 5.74) is 0.845. The molecular weight excluding hydrogens is 527 g/mol. The number of methoxy groups -OCH3 is 1. The number of nitrogens with zero attached hydrogens (tertiary/aromatic N) is 3. The fourth-order valence-corrected chi connectivity index (χ4v) is 3.80. The molecule has 0 saturated carbocycles. The lowest BCUT2D eigenvalue weighted by atomic mass is 9.95. The van der Waals surface area contributed by atoms with Crippen molar-refractivity contribution in [1.82, 2.24) is 14.9 Å². The van der Waals surface area contributed by atoms with Gasteiger partial charge in [-0.25, -0.2) is 19.2 Å². The number of carbonyl (C=O) groups excluding carboxylic acids is 2. The summed E-state index contributed by atoms with van der Waals surface area (Å²) in [5.74, 6) is -0.499. The van der Waals surface area contributed by atoms with Crippen LogP contribution in [0.1, 0.15) is 39.7 Å². The maximum atomic E-state index is 14.3. The molecular formula is C28H32ClFN4O5. The molecule has 0 bridgehead atoms. The van der Waals surface area contributed by atoms with E-state index in [-0.39, 0.29) is 36.0 Å². The van der Waals surface area contributed by atoms with E-state index in [1.165, 1.54) is 24.1 Å². The largest absolute Gasteiger partial charge is 0.491 e. The highest BCUT2D eigenvalue weighted by molar-refractivity contribution is 6.30. The maximum Gasteiger partial charge on any atom is 0.326 e. The molecule has 1 aliphatic heterocycles. The number of hydrogen-bond acceptors (Lipinski definition) is 7. The number of allylic oxidation sites excluding steroid dienone is 4. The molecule has 0 fully saturated rings. The van der Waals surface area contributed by atoms with Crippen LogP contribution in [0, 0.1) is 11.2 Å². The zero-order valence-electron chi connectivity index (χ0n) is 22.6. The Balaban J connectivity index is 1.73. The number of carbonyl (C=O) groups is 2. The first-order chi connectivity index (χ1) is 18.4. The number of benzene rings is 1. The Bertz CT molecular complexity index is 1290. The van der Waals surface area contributed by atoms with Crippen LogP contribution < -0.4 is 10.1 Å². The summed E-state index contributed by atoms with van der Waals surface area (Å²) in [6, 6.07) is 3.64. The van der Waals surface area contributed by atoms with E-state index in [1.807, 2.05) is 6.92 Å². The van der Waals surface area contributed by atoms with E-state index in [0.717, 1.165) is 6.07 Å². The van der Waals surface area contributed by atoms with E-state index in [9.17, 15) is 14.0 Å². The van der Waals surface area contributed by atoms with Crippen LogP contribution in [-0.2, 0) is 14.3 Å². The Hall–Kier alpha value is -3.92. The molecule has 0 radical (unpaired) electrons. The van der Waals surface area contributed by atoms with Gasteiger partial charge in [0.05, 0.1) is 30.5 Å². The third-order valence-corrected chi connectivity index (χ3v) is 6.23. The minimum Gasteiger partial charge on any atom is -0.491 e. The van der Waals surface area contributed by atoms with E-state index < -0.39 is 23.2 Å². The first-order valence-corrected chi connectivity index (χ1v) is 12.6. The number of rotatable bonds is 9. The molecule has 1 aliphatic rings. The lowest BCUT2D eigenvalue weighted by Crippen LogP contribution is -2.43. The predicted octanol–water partition coefficient (Wildman–Crippen LogP) is 5.99. The Morgan fingerprint density at radius 1 is 1.33 bits per heavy atom. The summed E-state index contributed by atoms with van der Waals surface area (Å²) in [5, 5.41) is 2.84. The fourth-order valence-electron chi connectivity index (χ4n) is 3.64. The second kappa shape index (κ2) is 12.8. The normalized spacial score (nSPS) is 15.7. The van der Waals surface area contributed by atoms with Gasteiger partial charge in [0.15, 0.2) is 0 Å². The average Bonchev–Trinajstić information content (AvgIpc) is 2.91. The van der Waals surface area contributed by atoms with Crippen molar-refractivity contribution in [2.24, 2.45) is 5.41 Å². The molecule has 1 N–H and O–H groups in total. The highest BCUT2D eigenvalue weighted by Crippen LogP contribution is 2.27. The zero-order valence-corrected chi connectivity index (χ0v) is 23.3. The highest BCUT2D eigenvalue weighted by Gasteiger charge is 2.30. The number of nitrogens with one attached hydrogen (secondary N) is 1. The molecule has 0 spiro atoms. The molecule has 1 atom stereocenters. The van der Waals surface area contributed by atoms with Crippen LogP contribution in [-0.4, -0.2) is 53.2 Å². The number of halogens is 2. The molecule has 39 heavy (non-hydrogen) atoms. The minimum atomic E-state index is -0.856. The number of aromatic nitrogens is 2. The van der Waals surface area contributed by atoms with Crippen molar-refractivity contribution in [3.63, 3.8) is 0 Å². The number of amides is 2. The van der Waals surface area contributed by atoms with Crippen LogP contribution in [0.3, 0.4) is 0 Å². The molecule has 1 aromatic heterocycles. The van der Waals surface area contributed by atoms with Crippen LogP contribution in [0.15, 0.2) is 60.8 Å². The SMILES string of the molecule is C=C(C=CC1=C(C)OC(CC)CN1C(=O)Nc1ccc(Cl)cc1F)c1cnc(OCC(C)(C)C(=O)OC)nc1. The molecule has 11 heteroatoms. The minimum absolute atomic E-state index is 0.0174. The molecule has 208 valence electrons. The van der Waals surface area contributed by atoms with Crippen LogP contribution in [0.4, 0.5) is 14.9 Å². The van der Waals surface area contributed by atoms with Gasteiger partial charge in [-0.1, -0.05) is 31.2 Å². The van der Waals surface area contributed by atoms with Crippen LogP contribution in [0.2, 0.25) is 5.02 Å². The van der Waals surface area contributed by atoms with E-state index in [2.05, 4.69) is 21.9 Å². The molecule has 2 heterocycles. The van der Waals surface area contributed by atoms with Crippen molar-refractivity contribution >= 4 is 34.9 Å². The second-order valence-corrected chi connectivity index (χ2v) is 9.97. The lowest BCUT2D eigenvalue weighted by Gasteiger charge is -2.34. The van der Waals surface area contributed by atoms with Gasteiger partial charge >= 0.3 is 18.0 Å². The number of hydrogen-bond donors (Lipinski definition) is 1. The standard InChI is InChI=1S/C28H32ClFN4O5/c1-7-21-15-34(27(36)33-23-10-9-20(29)12-22(23)30)24(18(3)39-21)11-8-17(2)19-13-31-26(32-14-19)38-16-28(4,5)25(35)37-6/h8-14,21H,2,7,15-16H2,1,3-6H3,(H,33,36). The van der Waals surface area contributed by atoms with Gasteiger partial charge in [-0.3, -0.25) is 9.69 Å². The summed E-state index contributed by atoms with van der Waals surface area (Å²) >= 11 is 5.83. The van der Waals surface area contributed by atoms with Crippen molar-refractivity contribution in [2.45, 2.75) is 40.2 Å². The highest BCUT2D eigenvalue weighted by atomic mass is 35.5. The van der Waals surface area contributed by atoms with Gasteiger partial charge in [-0.05, 0) is 57.0 Å². The third kappa shape index (κ3) is 7.57. The maximum absolute atomic E-state index is 14.3. The summed E-state index contributed by atoms with van der Waals surface area (Å²) in [6.45, 7) is 11.5. The first-order valence-electron chi connectivity index (χ1n) is 12.3. The van der Waals surface area contributed by atoms with Crippen LogP contribution in [0.5, 0.6) is 6.01 Å². The molecule has 1 unspecified atom stereocenters. The zero-order chi connectivity index (χ0) is 28.7. The molecule has 3 rings (SSSR count). The Morgan fingerprint density at radius 2 is 2.03 bits per heavy atom. The quantitative estimate of drug-likeness (QED) is 0.298. The molecule has 2 aromatic rings. The van der Waals surface area contributed by atoms with Crippen LogP contribution in [0.25, 0.3) is 5.57 Å². The molecule has 9 nitrogen and oxygen atoms in total. The number of anilines is 1. The van der Waals surface area contributed by atoms with Crippen molar-refractivity contribution in [3.05, 3.63) is 77.2 Å². The van der Waals surface area contributed by atoms with Crippen molar-refractivity contribution in [1.29, 1.82) is 0 Å². The van der Waals surface area contributed by atoms with Gasteiger partial charge in [0.1, 0.15) is 24.3 Å². The fraction of sp³-hybridized carbons (Fsp3) is 0.357. The molecule has 0 saturated heterocycles. The van der Waals surface area contributed by atoms with E-state index in [1.54, 1.807) is 45.3 Å². The van der Waals surface area contributed by atoms with Gasteiger partial charge in [0, 0.05) is 23.0 Å². The predicted molar refractivity (Wildman–Crippen MR) is 146 cm³/mol. The molecule has 2 amide bonds.